The molecule has 0 bridgehead atoms. The molecule has 0 radical (unpaired) electrons. The number of hydrogen-bond acceptors (Lipinski definition) is 2. The van der Waals surface area contributed by atoms with Crippen LogP contribution in [0.5, 0.6) is 0 Å². The monoisotopic (exact) mass is 183 g/mol. The van der Waals surface area contributed by atoms with E-state index in [1.807, 2.05) is 6.92 Å². The first-order valence-electron chi connectivity index (χ1n) is 5.39. The predicted octanol–water partition coefficient (Wildman–Crippen LogP) is 2.09. The van der Waals surface area contributed by atoms with Crippen LogP contribution in [0.15, 0.2) is 0 Å². The Bertz CT molecular complexity index is 173. The highest BCUT2D eigenvalue weighted by Gasteiger charge is 2.29. The topological polar surface area (TPSA) is 20.3 Å². The molecule has 1 aliphatic rings. The Balaban J connectivity index is 2.33. The Morgan fingerprint density at radius 3 is 2.46 bits per heavy atom. The second kappa shape index (κ2) is 4.75. The second-order valence-electron chi connectivity index (χ2n) is 4.45. The van der Waals surface area contributed by atoms with Crippen molar-refractivity contribution in [3.63, 3.8) is 0 Å². The molecule has 0 N–H and O–H groups in total. The highest BCUT2D eigenvalue weighted by Crippen LogP contribution is 2.27. The molecule has 0 saturated heterocycles. The third-order valence-corrected chi connectivity index (χ3v) is 2.44. The molecule has 0 spiro atoms. The summed E-state index contributed by atoms with van der Waals surface area (Å²) in [6, 6.07) is 0.720. The minimum Gasteiger partial charge on any atom is -0.298 e. The molecule has 2 heteroatoms. The van der Waals surface area contributed by atoms with E-state index in [1.54, 1.807) is 0 Å². The molecule has 0 unspecified atom stereocenters. The first-order valence-corrected chi connectivity index (χ1v) is 5.39. The quantitative estimate of drug-likeness (QED) is 0.628. The van der Waals surface area contributed by atoms with Crippen molar-refractivity contribution in [1.29, 1.82) is 0 Å². The van der Waals surface area contributed by atoms with Gasteiger partial charge in [-0.1, -0.05) is 20.8 Å². The maximum atomic E-state index is 11.3. The van der Waals surface area contributed by atoms with Crippen molar-refractivity contribution in [3.8, 4) is 0 Å². The number of carbonyl (C=O) groups excluding carboxylic acids is 1. The lowest BCUT2D eigenvalue weighted by Gasteiger charge is -2.22. The van der Waals surface area contributed by atoms with Crippen molar-refractivity contribution in [2.75, 3.05) is 13.1 Å². The minimum atomic E-state index is 0.382. The summed E-state index contributed by atoms with van der Waals surface area (Å²) in [6.07, 6.45) is 3.27. The minimum absolute atomic E-state index is 0.382. The zero-order valence-corrected chi connectivity index (χ0v) is 9.05. The lowest BCUT2D eigenvalue weighted by atomic mass is 10.2. The van der Waals surface area contributed by atoms with E-state index in [2.05, 4.69) is 18.7 Å². The molecule has 1 saturated carbocycles. The average Bonchev–Trinajstić information content (AvgIpc) is 2.84. The molecule has 0 aromatic heterocycles. The molecule has 76 valence electrons. The Hall–Kier alpha value is -0.370. The summed E-state index contributed by atoms with van der Waals surface area (Å²) in [6.45, 7) is 8.14. The standard InChI is InChI=1S/C11H21NO/c1-4-11(13)8-12(7-9(2)3)10-5-6-10/h9-10H,4-8H2,1-3H3. The van der Waals surface area contributed by atoms with Gasteiger partial charge in [-0.25, -0.2) is 0 Å². The van der Waals surface area contributed by atoms with E-state index >= 15 is 0 Å². The van der Waals surface area contributed by atoms with Crippen molar-refractivity contribution in [2.24, 2.45) is 5.92 Å². The third-order valence-electron chi connectivity index (χ3n) is 2.44. The highest BCUT2D eigenvalue weighted by molar-refractivity contribution is 5.80. The molecule has 1 rings (SSSR count). The lowest BCUT2D eigenvalue weighted by Crippen LogP contribution is -2.34. The molecular formula is C11H21NO. The lowest BCUT2D eigenvalue weighted by molar-refractivity contribution is -0.120. The van der Waals surface area contributed by atoms with Gasteiger partial charge in [0, 0.05) is 19.0 Å². The third kappa shape index (κ3) is 3.90. The van der Waals surface area contributed by atoms with Gasteiger partial charge in [0.25, 0.3) is 0 Å². The van der Waals surface area contributed by atoms with Crippen LogP contribution >= 0.6 is 0 Å². The molecular weight excluding hydrogens is 162 g/mol. The Morgan fingerprint density at radius 2 is 2.08 bits per heavy atom. The van der Waals surface area contributed by atoms with Crippen LogP contribution in [0, 0.1) is 5.92 Å². The fourth-order valence-electron chi connectivity index (χ4n) is 1.59. The number of hydrogen-bond donors (Lipinski definition) is 0. The molecule has 0 aromatic carbocycles. The predicted molar refractivity (Wildman–Crippen MR) is 54.7 cm³/mol. The molecule has 0 atom stereocenters. The first-order chi connectivity index (χ1) is 6.13. The summed E-state index contributed by atoms with van der Waals surface area (Å²) >= 11 is 0. The number of Topliss-reactive ketones (excluding diaryl/α,β-unsaturated/α-hetero) is 1. The molecule has 0 heterocycles. The van der Waals surface area contributed by atoms with Crippen LogP contribution < -0.4 is 0 Å². The molecule has 13 heavy (non-hydrogen) atoms. The average molecular weight is 183 g/mol. The van der Waals surface area contributed by atoms with Gasteiger partial charge in [-0.2, -0.15) is 0 Å². The summed E-state index contributed by atoms with van der Waals surface area (Å²) < 4.78 is 0. The summed E-state index contributed by atoms with van der Waals surface area (Å²) in [5.41, 5.74) is 0. The van der Waals surface area contributed by atoms with Crippen molar-refractivity contribution in [3.05, 3.63) is 0 Å². The van der Waals surface area contributed by atoms with Gasteiger partial charge in [0.2, 0.25) is 0 Å². The molecule has 0 aromatic rings. The maximum Gasteiger partial charge on any atom is 0.146 e. The maximum absolute atomic E-state index is 11.3. The molecule has 0 aliphatic heterocycles. The summed E-state index contributed by atoms with van der Waals surface area (Å²) in [4.78, 5) is 13.7. The van der Waals surface area contributed by atoms with E-state index in [9.17, 15) is 4.79 Å². The van der Waals surface area contributed by atoms with E-state index in [1.165, 1.54) is 12.8 Å². The molecule has 1 fully saturated rings. The fourth-order valence-corrected chi connectivity index (χ4v) is 1.59. The zero-order chi connectivity index (χ0) is 9.84. The largest absolute Gasteiger partial charge is 0.298 e. The number of nitrogens with zero attached hydrogens (tertiary/aromatic N) is 1. The second-order valence-corrected chi connectivity index (χ2v) is 4.45. The Labute approximate surface area is 81.3 Å². The molecule has 0 amide bonds. The van der Waals surface area contributed by atoms with E-state index in [4.69, 9.17) is 0 Å². The van der Waals surface area contributed by atoms with Gasteiger partial charge in [0.05, 0.1) is 6.54 Å². The fraction of sp³-hybridized carbons (Fsp3) is 0.909. The van der Waals surface area contributed by atoms with Crippen molar-refractivity contribution >= 4 is 5.78 Å². The molecule has 2 nitrogen and oxygen atoms in total. The summed E-state index contributed by atoms with van der Waals surface area (Å²) in [7, 11) is 0. The van der Waals surface area contributed by atoms with Gasteiger partial charge < -0.3 is 0 Å². The van der Waals surface area contributed by atoms with Gasteiger partial charge in [-0.15, -0.1) is 0 Å². The van der Waals surface area contributed by atoms with Crippen LogP contribution in [-0.2, 0) is 4.79 Å². The van der Waals surface area contributed by atoms with Gasteiger partial charge >= 0.3 is 0 Å². The van der Waals surface area contributed by atoms with Crippen LogP contribution in [-0.4, -0.2) is 29.8 Å². The zero-order valence-electron chi connectivity index (χ0n) is 9.05. The van der Waals surface area contributed by atoms with Crippen LogP contribution in [0.1, 0.15) is 40.0 Å². The van der Waals surface area contributed by atoms with E-state index in [0.717, 1.165) is 12.6 Å². The molecule has 1 aliphatic carbocycles. The smallest absolute Gasteiger partial charge is 0.146 e. The van der Waals surface area contributed by atoms with Crippen LogP contribution in [0.4, 0.5) is 0 Å². The van der Waals surface area contributed by atoms with Gasteiger partial charge in [-0.3, -0.25) is 9.69 Å². The highest BCUT2D eigenvalue weighted by atomic mass is 16.1. The van der Waals surface area contributed by atoms with Gasteiger partial charge in [-0.05, 0) is 18.8 Å². The van der Waals surface area contributed by atoms with Crippen LogP contribution in [0.3, 0.4) is 0 Å². The number of ketones is 1. The number of carbonyl (C=O) groups is 1. The van der Waals surface area contributed by atoms with Crippen LogP contribution in [0.2, 0.25) is 0 Å². The van der Waals surface area contributed by atoms with E-state index in [-0.39, 0.29) is 0 Å². The SMILES string of the molecule is CCC(=O)CN(CC(C)C)C1CC1. The summed E-state index contributed by atoms with van der Waals surface area (Å²) in [5, 5.41) is 0. The van der Waals surface area contributed by atoms with Crippen molar-refractivity contribution in [2.45, 2.75) is 46.1 Å². The van der Waals surface area contributed by atoms with E-state index < -0.39 is 0 Å². The summed E-state index contributed by atoms with van der Waals surface area (Å²) in [5.74, 6) is 1.05. The van der Waals surface area contributed by atoms with Crippen molar-refractivity contribution in [1.82, 2.24) is 4.90 Å². The van der Waals surface area contributed by atoms with Crippen molar-refractivity contribution < 1.29 is 4.79 Å². The van der Waals surface area contributed by atoms with E-state index in [0.29, 0.717) is 24.7 Å². The number of rotatable bonds is 6. The van der Waals surface area contributed by atoms with Gasteiger partial charge in [0.15, 0.2) is 0 Å². The normalized spacial score (nSPS) is 17.0. The Morgan fingerprint density at radius 1 is 1.46 bits per heavy atom. The Kier molecular flexibility index (Phi) is 3.91. The van der Waals surface area contributed by atoms with Gasteiger partial charge in [0.1, 0.15) is 5.78 Å². The van der Waals surface area contributed by atoms with Crippen LogP contribution in [0.25, 0.3) is 0 Å². The first kappa shape index (κ1) is 10.7.